The van der Waals surface area contributed by atoms with Crippen LogP contribution in [0.4, 0.5) is 0 Å². The minimum absolute atomic E-state index is 0. The quantitative estimate of drug-likeness (QED) is 0.281. The van der Waals surface area contributed by atoms with Crippen LogP contribution in [0.1, 0.15) is 0 Å². The molecule has 0 aromatic rings. The molecule has 0 saturated heterocycles. The second-order valence-corrected chi connectivity index (χ2v) is 2.51. The fourth-order valence-electron chi connectivity index (χ4n) is 0. The maximum Gasteiger partial charge on any atom is 0.316 e. The topological polar surface area (TPSA) is 57.5 Å². The second-order valence-electron chi connectivity index (χ2n) is 0.835. The van der Waals surface area contributed by atoms with Crippen molar-refractivity contribution in [3.63, 3.8) is 0 Å². The Morgan fingerprint density at radius 3 is 1.50 bits per heavy atom. The van der Waals surface area contributed by atoms with Crippen LogP contribution in [0, 0.1) is 0 Å². The minimum Gasteiger partial charge on any atom is -0.333 e. The van der Waals surface area contributed by atoms with Gasteiger partial charge in [0.15, 0.2) is 0 Å². The molecule has 0 aliphatic rings. The molecule has 3 nitrogen and oxygen atoms in total. The van der Waals surface area contributed by atoms with Crippen LogP contribution in [0.2, 0.25) is 0 Å². The van der Waals surface area contributed by atoms with Crippen molar-refractivity contribution in [2.24, 2.45) is 0 Å². The van der Waals surface area contributed by atoms with Gasteiger partial charge in [-0.2, -0.15) is 0 Å². The molecule has 6 heavy (non-hydrogen) atoms. The summed E-state index contributed by atoms with van der Waals surface area (Å²) in [7, 11) is -2.78. The van der Waals surface area contributed by atoms with Crippen LogP contribution in [-0.4, -0.2) is 40.4 Å². The van der Waals surface area contributed by atoms with Crippen molar-refractivity contribution < 1.29 is 14.4 Å². The fourth-order valence-corrected chi connectivity index (χ4v) is 0. The average Bonchev–Trinajstić information content (AvgIpc) is 0.722. The predicted octanol–water partition coefficient (Wildman–Crippen LogP) is -2.20. The number of hydrogen-bond acceptors (Lipinski definition) is 1. The van der Waals surface area contributed by atoms with Gasteiger partial charge < -0.3 is 9.79 Å². The maximum absolute atomic E-state index is 9.33. The van der Waals surface area contributed by atoms with E-state index in [1.54, 1.807) is 0 Å². The summed E-state index contributed by atoms with van der Waals surface area (Å²) in [5, 5.41) is 0. The molecule has 0 saturated carbocycles. The van der Waals surface area contributed by atoms with Crippen LogP contribution in [-0.2, 0) is 4.57 Å². The van der Waals surface area contributed by atoms with Crippen molar-refractivity contribution in [3.05, 3.63) is 0 Å². The van der Waals surface area contributed by atoms with Gasteiger partial charge in [-0.1, -0.05) is 0 Å². The SMILES string of the molecule is BP(=O)(O)O.[MgH2]. The van der Waals surface area contributed by atoms with Gasteiger partial charge in [0.25, 0.3) is 15.0 Å². The van der Waals surface area contributed by atoms with Gasteiger partial charge >= 0.3 is 23.1 Å². The molecule has 0 aliphatic carbocycles. The van der Waals surface area contributed by atoms with Gasteiger partial charge in [-0.3, -0.25) is 4.57 Å². The molecule has 34 valence electrons. The van der Waals surface area contributed by atoms with Gasteiger partial charge in [-0.25, -0.2) is 0 Å². The highest BCUT2D eigenvalue weighted by Gasteiger charge is 1.95. The van der Waals surface area contributed by atoms with Crippen molar-refractivity contribution in [1.82, 2.24) is 0 Å². The minimum atomic E-state index is -3.64. The molecular formula is H6BMgO3P. The Morgan fingerprint density at radius 2 is 1.50 bits per heavy atom. The molecular weight excluding hydrogens is 114 g/mol. The molecule has 0 bridgehead atoms. The highest BCUT2D eigenvalue weighted by Crippen LogP contribution is 2.24. The molecule has 6 heteroatoms. The van der Waals surface area contributed by atoms with E-state index >= 15 is 0 Å². The highest BCUT2D eigenvalue weighted by atomic mass is 31.2. The highest BCUT2D eigenvalue weighted by molar-refractivity contribution is 7.77. The standard InChI is InChI=1S/BH4O3P.Mg.2H/c1-5(2,3)4;;;/h1H2,(H2,2,3,4);;;. The van der Waals surface area contributed by atoms with E-state index in [0.717, 1.165) is 7.57 Å². The monoisotopic (exact) mass is 120 g/mol. The Hall–Kier alpha value is 0.981. The first-order chi connectivity index (χ1) is 2.00. The van der Waals surface area contributed by atoms with E-state index in [1.807, 2.05) is 0 Å². The Bertz CT molecular complexity index is 56.9. The molecule has 0 aromatic heterocycles. The smallest absolute Gasteiger partial charge is 0.316 e. The van der Waals surface area contributed by atoms with E-state index < -0.39 is 7.47 Å². The molecule has 0 radical (unpaired) electrons. The van der Waals surface area contributed by atoms with Gasteiger partial charge in [-0.15, -0.1) is 0 Å². The summed E-state index contributed by atoms with van der Waals surface area (Å²) in [6.07, 6.45) is 0. The Kier molecular flexibility index (Phi) is 5.11. The van der Waals surface area contributed by atoms with Crippen LogP contribution < -0.4 is 0 Å². The lowest BCUT2D eigenvalue weighted by molar-refractivity contribution is 0.395. The van der Waals surface area contributed by atoms with Crippen molar-refractivity contribution >= 4 is 38.1 Å². The van der Waals surface area contributed by atoms with Crippen LogP contribution >= 0.6 is 7.47 Å². The molecule has 0 aliphatic heterocycles. The van der Waals surface area contributed by atoms with E-state index in [-0.39, 0.29) is 23.1 Å². The summed E-state index contributed by atoms with van der Waals surface area (Å²) in [5.74, 6) is 0. The zero-order chi connectivity index (χ0) is 4.50. The Balaban J connectivity index is 0. The molecule has 0 atom stereocenters. The van der Waals surface area contributed by atoms with Crippen LogP contribution in [0.3, 0.4) is 0 Å². The second kappa shape index (κ2) is 3.05. The third-order valence-electron chi connectivity index (χ3n) is 0. The summed E-state index contributed by atoms with van der Waals surface area (Å²) in [4.78, 5) is 15.3. The predicted molar refractivity (Wildman–Crippen MR) is 29.1 cm³/mol. The number of rotatable bonds is 0. The molecule has 0 aromatic carbocycles. The van der Waals surface area contributed by atoms with Gasteiger partial charge in [0.05, 0.1) is 0 Å². The fraction of sp³-hybridized carbons (Fsp3) is 0. The van der Waals surface area contributed by atoms with Crippen LogP contribution in [0.25, 0.3) is 0 Å². The molecule has 2 N–H and O–H groups in total. The summed E-state index contributed by atoms with van der Waals surface area (Å²) >= 11 is 0. The first-order valence-corrected chi connectivity index (χ1v) is 3.09. The van der Waals surface area contributed by atoms with E-state index in [0.29, 0.717) is 0 Å². The van der Waals surface area contributed by atoms with Gasteiger partial charge in [0, 0.05) is 0 Å². The first kappa shape index (κ1) is 10.1. The summed E-state index contributed by atoms with van der Waals surface area (Å²) in [5.41, 5.74) is 0. The Morgan fingerprint density at radius 1 is 1.50 bits per heavy atom. The lowest BCUT2D eigenvalue weighted by Crippen LogP contribution is -1.67. The maximum atomic E-state index is 9.33. The van der Waals surface area contributed by atoms with Crippen molar-refractivity contribution in [2.75, 3.05) is 0 Å². The molecule has 0 fully saturated rings. The molecule has 0 amide bonds. The van der Waals surface area contributed by atoms with Crippen molar-refractivity contribution in [3.8, 4) is 0 Å². The van der Waals surface area contributed by atoms with E-state index in [9.17, 15) is 4.57 Å². The summed E-state index contributed by atoms with van der Waals surface area (Å²) in [6, 6.07) is 0. The number of hydrogen-bond donors (Lipinski definition) is 2. The third kappa shape index (κ3) is 82.0. The summed E-state index contributed by atoms with van der Waals surface area (Å²) in [6.45, 7) is 0. The van der Waals surface area contributed by atoms with Gasteiger partial charge in [0.1, 0.15) is 0 Å². The molecule has 0 heterocycles. The lowest BCUT2D eigenvalue weighted by Gasteiger charge is -1.85. The van der Waals surface area contributed by atoms with E-state index in [2.05, 4.69) is 0 Å². The van der Waals surface area contributed by atoms with Crippen molar-refractivity contribution in [2.45, 2.75) is 0 Å². The molecule has 0 unspecified atom stereocenters. The zero-order valence-electron chi connectivity index (χ0n) is 2.75. The van der Waals surface area contributed by atoms with E-state index in [1.165, 1.54) is 0 Å². The first-order valence-electron chi connectivity index (χ1n) is 1.03. The average molecular weight is 120 g/mol. The van der Waals surface area contributed by atoms with E-state index in [4.69, 9.17) is 9.79 Å². The van der Waals surface area contributed by atoms with Gasteiger partial charge in [-0.05, 0) is 0 Å². The zero-order valence-corrected chi connectivity index (χ0v) is 3.64. The van der Waals surface area contributed by atoms with Crippen LogP contribution in [0.5, 0.6) is 0 Å². The summed E-state index contributed by atoms with van der Waals surface area (Å²) < 4.78 is 9.33. The lowest BCUT2D eigenvalue weighted by atomic mass is 10.8. The molecule has 0 spiro atoms. The molecule has 0 rings (SSSR count). The van der Waals surface area contributed by atoms with Crippen LogP contribution in [0.15, 0.2) is 0 Å². The normalized spacial score (nSPS) is 9.67. The third-order valence-corrected chi connectivity index (χ3v) is 0. The van der Waals surface area contributed by atoms with Gasteiger partial charge in [0.2, 0.25) is 0 Å². The van der Waals surface area contributed by atoms with Crippen molar-refractivity contribution in [1.29, 1.82) is 0 Å². The Labute approximate surface area is 52.8 Å². The largest absolute Gasteiger partial charge is 0.333 e.